The first kappa shape index (κ1) is 14.1. The first-order valence-electron chi connectivity index (χ1n) is 7.20. The highest BCUT2D eigenvalue weighted by atomic mass is 28.4. The van der Waals surface area contributed by atoms with Gasteiger partial charge in [-0.05, 0) is 35.7 Å². The maximum absolute atomic E-state index is 12.9. The van der Waals surface area contributed by atoms with Crippen LogP contribution < -0.4 is 0 Å². The molecule has 3 rings (SSSR count). The van der Waals surface area contributed by atoms with Crippen molar-refractivity contribution in [1.82, 2.24) is 0 Å². The first-order chi connectivity index (χ1) is 9.38. The molecule has 5 heteroatoms. The van der Waals surface area contributed by atoms with Gasteiger partial charge in [-0.3, -0.25) is 0 Å². The summed E-state index contributed by atoms with van der Waals surface area (Å²) in [6, 6.07) is 7.98. The minimum absolute atomic E-state index is 0.112. The minimum atomic E-state index is -4.26. The third-order valence-corrected chi connectivity index (χ3v) is 10.4. The molecule has 1 aromatic carbocycles. The fourth-order valence-corrected chi connectivity index (χ4v) is 8.52. The number of rotatable bonds is 3. The summed E-state index contributed by atoms with van der Waals surface area (Å²) in [7, 11) is -1.71. The van der Waals surface area contributed by atoms with Crippen LogP contribution in [-0.2, 0) is 16.0 Å². The molecule has 1 aromatic rings. The molecule has 1 aliphatic carbocycles. The number of hydrogen-bond acceptors (Lipinski definition) is 1. The Morgan fingerprint density at radius 1 is 1.30 bits per heavy atom. The second-order valence-corrected chi connectivity index (χ2v) is 10.6. The summed E-state index contributed by atoms with van der Waals surface area (Å²) in [5.74, 6) is 0. The van der Waals surface area contributed by atoms with Crippen molar-refractivity contribution < 1.29 is 17.6 Å². The van der Waals surface area contributed by atoms with Gasteiger partial charge in [0.05, 0.1) is 5.56 Å². The van der Waals surface area contributed by atoms with Crippen LogP contribution in [-0.4, -0.2) is 14.9 Å². The van der Waals surface area contributed by atoms with E-state index in [0.29, 0.717) is 12.1 Å². The summed E-state index contributed by atoms with van der Waals surface area (Å²) in [6.07, 6.45) is -3.25. The summed E-state index contributed by atoms with van der Waals surface area (Å²) < 4.78 is 44.7. The van der Waals surface area contributed by atoms with Crippen LogP contribution in [0.25, 0.3) is 0 Å². The Balaban J connectivity index is 1.93. The van der Waals surface area contributed by atoms with Gasteiger partial charge >= 0.3 is 6.18 Å². The van der Waals surface area contributed by atoms with Gasteiger partial charge in [0.25, 0.3) is 0 Å². The van der Waals surface area contributed by atoms with E-state index >= 15 is 0 Å². The molecule has 0 spiro atoms. The van der Waals surface area contributed by atoms with Crippen LogP contribution in [0, 0.1) is 0 Å². The van der Waals surface area contributed by atoms with Gasteiger partial charge in [0.1, 0.15) is 0 Å². The van der Waals surface area contributed by atoms with Gasteiger partial charge in [-0.2, -0.15) is 13.2 Å². The SMILES string of the molecule is CC[Si]1(CC)OC[C@]2(c3cccc(C(F)(F)F)c3)CC21. The molecule has 2 atom stereocenters. The van der Waals surface area contributed by atoms with Crippen LogP contribution in [0.5, 0.6) is 0 Å². The lowest BCUT2D eigenvalue weighted by Gasteiger charge is -2.24. The highest BCUT2D eigenvalue weighted by Gasteiger charge is 2.70. The summed E-state index contributed by atoms with van der Waals surface area (Å²) in [6.45, 7) is 4.94. The van der Waals surface area contributed by atoms with E-state index in [0.717, 1.165) is 30.1 Å². The van der Waals surface area contributed by atoms with Crippen LogP contribution >= 0.6 is 0 Å². The maximum atomic E-state index is 12.9. The quantitative estimate of drug-likeness (QED) is 0.733. The van der Waals surface area contributed by atoms with Crippen LogP contribution in [0.1, 0.15) is 31.4 Å². The lowest BCUT2D eigenvalue weighted by atomic mass is 9.95. The Kier molecular flexibility index (Phi) is 3.07. The molecule has 0 aromatic heterocycles. The molecule has 1 heterocycles. The van der Waals surface area contributed by atoms with Gasteiger partial charge in [0, 0.05) is 12.0 Å². The lowest BCUT2D eigenvalue weighted by Crippen LogP contribution is -2.33. The molecule has 2 fully saturated rings. The maximum Gasteiger partial charge on any atom is 0.416 e. The van der Waals surface area contributed by atoms with Crippen molar-refractivity contribution in [2.24, 2.45) is 0 Å². The average molecular weight is 300 g/mol. The van der Waals surface area contributed by atoms with Crippen molar-refractivity contribution >= 4 is 8.32 Å². The van der Waals surface area contributed by atoms with Crippen LogP contribution in [0.2, 0.25) is 17.6 Å². The first-order valence-corrected chi connectivity index (χ1v) is 9.59. The Labute approximate surface area is 118 Å². The molecule has 0 radical (unpaired) electrons. The van der Waals surface area contributed by atoms with E-state index < -0.39 is 20.1 Å². The molecule has 0 bridgehead atoms. The zero-order chi connectivity index (χ0) is 14.6. The summed E-state index contributed by atoms with van der Waals surface area (Å²) in [5.41, 5.74) is 0.684. The molecule has 1 saturated carbocycles. The number of alkyl halides is 3. The van der Waals surface area contributed by atoms with E-state index in [2.05, 4.69) is 13.8 Å². The zero-order valence-electron chi connectivity index (χ0n) is 11.8. The van der Waals surface area contributed by atoms with Gasteiger partial charge in [-0.25, -0.2) is 0 Å². The third-order valence-electron chi connectivity index (χ3n) is 5.29. The normalized spacial score (nSPS) is 31.1. The predicted molar refractivity (Wildman–Crippen MR) is 74.2 cm³/mol. The molecule has 0 N–H and O–H groups in total. The molecule has 110 valence electrons. The summed E-state index contributed by atoms with van der Waals surface area (Å²) in [5, 5.41) is 0. The largest absolute Gasteiger partial charge is 0.416 e. The highest BCUT2D eigenvalue weighted by molar-refractivity contribution is 6.77. The molecule has 20 heavy (non-hydrogen) atoms. The molecule has 1 saturated heterocycles. The molecule has 2 aliphatic rings. The number of fused-ring (bicyclic) bond motifs is 1. The molecule has 1 nitrogen and oxygen atoms in total. The number of halogens is 3. The summed E-state index contributed by atoms with van der Waals surface area (Å²) in [4.78, 5) is 0. The Morgan fingerprint density at radius 2 is 2.00 bits per heavy atom. The Bertz CT molecular complexity index is 524. The molecule has 1 unspecified atom stereocenters. The van der Waals surface area contributed by atoms with Crippen molar-refractivity contribution in [3.8, 4) is 0 Å². The second-order valence-electron chi connectivity index (χ2n) is 6.05. The van der Waals surface area contributed by atoms with Crippen LogP contribution in [0.15, 0.2) is 24.3 Å². The van der Waals surface area contributed by atoms with Crippen molar-refractivity contribution in [1.29, 1.82) is 0 Å². The minimum Gasteiger partial charge on any atom is -0.416 e. The topological polar surface area (TPSA) is 9.23 Å². The van der Waals surface area contributed by atoms with Crippen molar-refractivity contribution in [2.45, 2.75) is 49.5 Å². The van der Waals surface area contributed by atoms with Gasteiger partial charge in [0.2, 0.25) is 0 Å². The molecule has 1 aliphatic heterocycles. The van der Waals surface area contributed by atoms with Gasteiger partial charge in [0.15, 0.2) is 8.32 Å². The van der Waals surface area contributed by atoms with E-state index in [4.69, 9.17) is 4.43 Å². The van der Waals surface area contributed by atoms with Gasteiger partial charge in [-0.1, -0.05) is 32.0 Å². The Hall–Kier alpha value is -0.813. The van der Waals surface area contributed by atoms with Crippen molar-refractivity contribution in [3.05, 3.63) is 35.4 Å². The standard InChI is InChI=1S/C15H19F3OSi/c1-3-20(4-2)13-9-14(13,10-19-20)11-6-5-7-12(8-11)15(16,17)18/h5-8,13H,3-4,9-10H2,1-2H3/t13?,14-/m0/s1. The van der Waals surface area contributed by atoms with Crippen LogP contribution in [0.4, 0.5) is 13.2 Å². The van der Waals surface area contributed by atoms with Crippen molar-refractivity contribution in [3.63, 3.8) is 0 Å². The third kappa shape index (κ3) is 1.86. The van der Waals surface area contributed by atoms with Gasteiger partial charge in [-0.15, -0.1) is 0 Å². The number of hydrogen-bond donors (Lipinski definition) is 0. The Morgan fingerprint density at radius 3 is 2.50 bits per heavy atom. The average Bonchev–Trinajstić information content (AvgIpc) is 3.10. The fraction of sp³-hybridized carbons (Fsp3) is 0.600. The summed E-state index contributed by atoms with van der Waals surface area (Å²) >= 11 is 0. The lowest BCUT2D eigenvalue weighted by molar-refractivity contribution is -0.137. The van der Waals surface area contributed by atoms with Crippen molar-refractivity contribution in [2.75, 3.05) is 6.61 Å². The molecule has 0 amide bonds. The molecular weight excluding hydrogens is 281 g/mol. The van der Waals surface area contributed by atoms with E-state index in [1.54, 1.807) is 0 Å². The second kappa shape index (κ2) is 4.34. The fourth-order valence-electron chi connectivity index (χ4n) is 3.88. The van der Waals surface area contributed by atoms with Gasteiger partial charge < -0.3 is 4.43 Å². The zero-order valence-corrected chi connectivity index (χ0v) is 12.8. The van der Waals surface area contributed by atoms with E-state index in [9.17, 15) is 13.2 Å². The van der Waals surface area contributed by atoms with E-state index in [1.165, 1.54) is 12.1 Å². The smallest absolute Gasteiger partial charge is 0.416 e. The molecular formula is C15H19F3OSi. The highest BCUT2D eigenvalue weighted by Crippen LogP contribution is 2.70. The van der Waals surface area contributed by atoms with E-state index in [-0.39, 0.29) is 5.41 Å². The van der Waals surface area contributed by atoms with Crippen LogP contribution in [0.3, 0.4) is 0 Å². The number of benzene rings is 1. The predicted octanol–water partition coefficient (Wildman–Crippen LogP) is 4.73. The monoisotopic (exact) mass is 300 g/mol. The van der Waals surface area contributed by atoms with E-state index in [1.807, 2.05) is 6.07 Å².